The van der Waals surface area contributed by atoms with Gasteiger partial charge in [0.2, 0.25) is 0 Å². The summed E-state index contributed by atoms with van der Waals surface area (Å²) in [7, 11) is -3.92. The molecular formula is C12H9BrClFN2O2S. The van der Waals surface area contributed by atoms with Crippen LogP contribution in [0.4, 0.5) is 15.8 Å². The maximum Gasteiger partial charge on any atom is 0.262 e. The molecule has 2 rings (SSSR count). The van der Waals surface area contributed by atoms with E-state index in [0.29, 0.717) is 15.2 Å². The van der Waals surface area contributed by atoms with Crippen molar-refractivity contribution < 1.29 is 12.8 Å². The maximum absolute atomic E-state index is 13.2. The molecule has 0 unspecified atom stereocenters. The molecule has 2 aromatic rings. The lowest BCUT2D eigenvalue weighted by Gasteiger charge is -2.09. The molecule has 0 fully saturated rings. The van der Waals surface area contributed by atoms with Crippen LogP contribution in [0.25, 0.3) is 0 Å². The summed E-state index contributed by atoms with van der Waals surface area (Å²) >= 11 is 9.01. The van der Waals surface area contributed by atoms with Crippen LogP contribution >= 0.6 is 27.5 Å². The van der Waals surface area contributed by atoms with E-state index in [4.69, 9.17) is 17.3 Å². The summed E-state index contributed by atoms with van der Waals surface area (Å²) in [5.74, 6) is -0.720. The summed E-state index contributed by atoms with van der Waals surface area (Å²) in [4.78, 5) is -0.249. The Bertz CT molecular complexity index is 748. The zero-order valence-electron chi connectivity index (χ0n) is 9.90. The number of hydrogen-bond acceptors (Lipinski definition) is 3. The van der Waals surface area contributed by atoms with Crippen LogP contribution in [0.1, 0.15) is 0 Å². The summed E-state index contributed by atoms with van der Waals surface area (Å²) in [6, 6.07) is 7.64. The van der Waals surface area contributed by atoms with Gasteiger partial charge in [-0.05, 0) is 52.3 Å². The van der Waals surface area contributed by atoms with Crippen LogP contribution < -0.4 is 10.5 Å². The minimum absolute atomic E-state index is 0.0302. The Balaban J connectivity index is 2.37. The first-order valence-electron chi connectivity index (χ1n) is 5.32. The molecule has 0 atom stereocenters. The lowest BCUT2D eigenvalue weighted by molar-refractivity contribution is 0.595. The SMILES string of the molecule is Nc1cc(F)cc(S(=O)(=O)Nc2ccc(Cl)c(Br)c2)c1. The van der Waals surface area contributed by atoms with Crippen LogP contribution in [0.15, 0.2) is 45.8 Å². The highest BCUT2D eigenvalue weighted by Gasteiger charge is 2.16. The van der Waals surface area contributed by atoms with E-state index < -0.39 is 15.8 Å². The average molecular weight is 380 g/mol. The number of sulfonamides is 1. The van der Waals surface area contributed by atoms with Crippen LogP contribution in [0, 0.1) is 5.82 Å². The number of nitrogens with one attached hydrogen (secondary N) is 1. The Morgan fingerprint density at radius 2 is 1.90 bits per heavy atom. The van der Waals surface area contributed by atoms with Gasteiger partial charge >= 0.3 is 0 Å². The van der Waals surface area contributed by atoms with Crippen LogP contribution in [0.5, 0.6) is 0 Å². The molecule has 2 aromatic carbocycles. The first kappa shape index (κ1) is 15.1. The average Bonchev–Trinajstić information content (AvgIpc) is 2.32. The standard InChI is InChI=1S/C12H9BrClFN2O2S/c13-11-6-9(1-2-12(11)14)17-20(18,19)10-4-7(15)3-8(16)5-10/h1-6,17H,16H2. The second-order valence-corrected chi connectivity index (χ2v) is 6.90. The van der Waals surface area contributed by atoms with Crippen molar-refractivity contribution >= 4 is 48.9 Å². The van der Waals surface area contributed by atoms with Gasteiger partial charge in [0.25, 0.3) is 10.0 Å². The highest BCUT2D eigenvalue weighted by Crippen LogP contribution is 2.27. The number of benzene rings is 2. The van der Waals surface area contributed by atoms with Crippen molar-refractivity contribution in [2.75, 3.05) is 10.5 Å². The number of hydrogen-bond donors (Lipinski definition) is 2. The summed E-state index contributed by atoms with van der Waals surface area (Å²) < 4.78 is 40.3. The van der Waals surface area contributed by atoms with E-state index in [0.717, 1.165) is 12.1 Å². The number of rotatable bonds is 3. The molecule has 0 aliphatic heterocycles. The molecule has 0 amide bonds. The van der Waals surface area contributed by atoms with Crippen molar-refractivity contribution in [2.24, 2.45) is 0 Å². The molecule has 0 bridgehead atoms. The van der Waals surface area contributed by atoms with E-state index in [1.807, 2.05) is 0 Å². The molecule has 106 valence electrons. The molecule has 0 heterocycles. The van der Waals surface area contributed by atoms with Gasteiger partial charge in [-0.25, -0.2) is 12.8 Å². The second kappa shape index (κ2) is 5.59. The fourth-order valence-electron chi connectivity index (χ4n) is 1.51. The van der Waals surface area contributed by atoms with Gasteiger partial charge in [0.05, 0.1) is 15.6 Å². The van der Waals surface area contributed by atoms with Crippen molar-refractivity contribution in [3.63, 3.8) is 0 Å². The fraction of sp³-hybridized carbons (Fsp3) is 0. The highest BCUT2D eigenvalue weighted by atomic mass is 79.9. The summed E-state index contributed by atoms with van der Waals surface area (Å²) in [5, 5.41) is 0.447. The number of halogens is 3. The minimum atomic E-state index is -3.92. The summed E-state index contributed by atoms with van der Waals surface area (Å²) in [6.45, 7) is 0. The van der Waals surface area contributed by atoms with E-state index >= 15 is 0 Å². The van der Waals surface area contributed by atoms with E-state index in [2.05, 4.69) is 20.7 Å². The number of nitrogens with two attached hydrogens (primary N) is 1. The van der Waals surface area contributed by atoms with Crippen LogP contribution in [-0.4, -0.2) is 8.42 Å². The monoisotopic (exact) mass is 378 g/mol. The van der Waals surface area contributed by atoms with E-state index in [9.17, 15) is 12.8 Å². The molecule has 0 aliphatic rings. The maximum atomic E-state index is 13.2. The molecule has 0 saturated carbocycles. The Kier molecular flexibility index (Phi) is 4.22. The van der Waals surface area contributed by atoms with Gasteiger partial charge in [-0.2, -0.15) is 0 Å². The molecule has 20 heavy (non-hydrogen) atoms. The van der Waals surface area contributed by atoms with Gasteiger partial charge in [-0.3, -0.25) is 4.72 Å². The number of nitrogen functional groups attached to an aromatic ring is 1. The lowest BCUT2D eigenvalue weighted by atomic mass is 10.3. The smallest absolute Gasteiger partial charge is 0.262 e. The highest BCUT2D eigenvalue weighted by molar-refractivity contribution is 9.10. The molecule has 3 N–H and O–H groups in total. The third kappa shape index (κ3) is 3.41. The quantitative estimate of drug-likeness (QED) is 0.800. The zero-order chi connectivity index (χ0) is 14.9. The van der Waals surface area contributed by atoms with Crippen molar-refractivity contribution in [1.29, 1.82) is 0 Å². The van der Waals surface area contributed by atoms with Crippen molar-refractivity contribution in [3.05, 3.63) is 51.7 Å². The van der Waals surface area contributed by atoms with Gasteiger partial charge in [0.1, 0.15) is 5.82 Å². The van der Waals surface area contributed by atoms with Crippen LogP contribution in [0.2, 0.25) is 5.02 Å². The van der Waals surface area contributed by atoms with Gasteiger partial charge in [-0.1, -0.05) is 11.6 Å². The zero-order valence-corrected chi connectivity index (χ0v) is 13.1. The van der Waals surface area contributed by atoms with Gasteiger partial charge < -0.3 is 5.73 Å². The Hall–Kier alpha value is -1.31. The van der Waals surface area contributed by atoms with Crippen LogP contribution in [-0.2, 0) is 10.0 Å². The molecular weight excluding hydrogens is 371 g/mol. The Labute approximate surface area is 128 Å². The fourth-order valence-corrected chi connectivity index (χ4v) is 3.12. The third-order valence-electron chi connectivity index (χ3n) is 2.38. The first-order chi connectivity index (χ1) is 9.28. The molecule has 0 aromatic heterocycles. The van der Waals surface area contributed by atoms with Crippen molar-refractivity contribution in [3.8, 4) is 0 Å². The first-order valence-corrected chi connectivity index (χ1v) is 7.97. The predicted octanol–water partition coefficient (Wildman–Crippen LogP) is 3.62. The normalized spacial score (nSPS) is 11.3. The van der Waals surface area contributed by atoms with E-state index in [-0.39, 0.29) is 10.6 Å². The predicted molar refractivity (Wildman–Crippen MR) is 80.8 cm³/mol. The molecule has 0 saturated heterocycles. The molecule has 0 spiro atoms. The topological polar surface area (TPSA) is 72.2 Å². The third-order valence-corrected chi connectivity index (χ3v) is 4.95. The summed E-state index contributed by atoms with van der Waals surface area (Å²) in [5.41, 5.74) is 5.76. The van der Waals surface area contributed by atoms with Crippen molar-refractivity contribution in [2.45, 2.75) is 4.90 Å². The molecule has 0 radical (unpaired) electrons. The Morgan fingerprint density at radius 1 is 1.20 bits per heavy atom. The van der Waals surface area contributed by atoms with Gasteiger partial charge in [0, 0.05) is 10.2 Å². The van der Waals surface area contributed by atoms with E-state index in [1.54, 1.807) is 0 Å². The molecule has 0 aliphatic carbocycles. The van der Waals surface area contributed by atoms with Crippen molar-refractivity contribution in [1.82, 2.24) is 0 Å². The van der Waals surface area contributed by atoms with Crippen LogP contribution in [0.3, 0.4) is 0 Å². The van der Waals surface area contributed by atoms with Gasteiger partial charge in [0.15, 0.2) is 0 Å². The number of anilines is 2. The second-order valence-electron chi connectivity index (χ2n) is 3.95. The molecule has 8 heteroatoms. The molecule has 4 nitrogen and oxygen atoms in total. The Morgan fingerprint density at radius 3 is 2.50 bits per heavy atom. The largest absolute Gasteiger partial charge is 0.399 e. The van der Waals surface area contributed by atoms with E-state index in [1.165, 1.54) is 24.3 Å². The summed E-state index contributed by atoms with van der Waals surface area (Å²) in [6.07, 6.45) is 0. The minimum Gasteiger partial charge on any atom is -0.399 e. The lowest BCUT2D eigenvalue weighted by Crippen LogP contribution is -2.13. The van der Waals surface area contributed by atoms with Gasteiger partial charge in [-0.15, -0.1) is 0 Å².